The van der Waals surface area contributed by atoms with E-state index in [1.807, 2.05) is 0 Å². The summed E-state index contributed by atoms with van der Waals surface area (Å²) in [6, 6.07) is 2.78. The van der Waals surface area contributed by atoms with Gasteiger partial charge < -0.3 is 9.80 Å². The molecular formula is C15H21ClN4S. The maximum Gasteiger partial charge on any atom is 0.225 e. The second-order valence-electron chi connectivity index (χ2n) is 6.01. The fraction of sp³-hybridized carbons (Fsp3) is 0.600. The van der Waals surface area contributed by atoms with Crippen LogP contribution >= 0.6 is 22.9 Å². The highest BCUT2D eigenvalue weighted by Crippen LogP contribution is 2.35. The summed E-state index contributed by atoms with van der Waals surface area (Å²) in [6.45, 7) is 6.48. The molecule has 3 heterocycles. The molecular weight excluding hydrogens is 304 g/mol. The highest BCUT2D eigenvalue weighted by molar-refractivity contribution is 7.18. The predicted molar refractivity (Wildman–Crippen MR) is 90.7 cm³/mol. The molecule has 1 aliphatic rings. The molecule has 1 saturated heterocycles. The average Bonchev–Trinajstić information content (AvgIpc) is 3.00. The lowest BCUT2D eigenvalue weighted by atomic mass is 10.1. The molecule has 0 radical (unpaired) electrons. The van der Waals surface area contributed by atoms with E-state index in [9.17, 15) is 0 Å². The van der Waals surface area contributed by atoms with Crippen molar-refractivity contribution in [2.75, 3.05) is 32.1 Å². The SMILES string of the molecule is CCc1cc2c(N3CC(C)C(N(C)C)C3)nc(Cl)nc2s1. The molecule has 0 N–H and O–H groups in total. The number of rotatable bonds is 3. The maximum atomic E-state index is 6.14. The van der Waals surface area contributed by atoms with E-state index in [2.05, 4.69) is 53.8 Å². The highest BCUT2D eigenvalue weighted by Gasteiger charge is 2.32. The second kappa shape index (κ2) is 5.71. The summed E-state index contributed by atoms with van der Waals surface area (Å²) in [4.78, 5) is 15.9. The average molecular weight is 325 g/mol. The van der Waals surface area contributed by atoms with Crippen LogP contribution in [-0.2, 0) is 6.42 Å². The summed E-state index contributed by atoms with van der Waals surface area (Å²) >= 11 is 7.86. The summed E-state index contributed by atoms with van der Waals surface area (Å²) < 4.78 is 0. The van der Waals surface area contributed by atoms with Gasteiger partial charge >= 0.3 is 0 Å². The number of anilines is 1. The number of hydrogen-bond acceptors (Lipinski definition) is 5. The molecule has 0 spiro atoms. The zero-order chi connectivity index (χ0) is 15.1. The maximum absolute atomic E-state index is 6.14. The number of aromatic nitrogens is 2. The summed E-state index contributed by atoms with van der Waals surface area (Å²) in [5, 5.41) is 1.50. The van der Waals surface area contributed by atoms with Crippen molar-refractivity contribution in [1.82, 2.24) is 14.9 Å². The molecule has 2 aromatic heterocycles. The number of nitrogens with zero attached hydrogens (tertiary/aromatic N) is 4. The van der Waals surface area contributed by atoms with Gasteiger partial charge in [-0.25, -0.2) is 4.98 Å². The van der Waals surface area contributed by atoms with Crippen LogP contribution < -0.4 is 4.90 Å². The molecule has 0 amide bonds. The molecule has 1 aliphatic heterocycles. The van der Waals surface area contributed by atoms with Gasteiger partial charge in [-0.05, 0) is 44.1 Å². The Bertz CT molecular complexity index is 654. The number of hydrogen-bond donors (Lipinski definition) is 0. The lowest BCUT2D eigenvalue weighted by molar-refractivity contribution is 0.266. The van der Waals surface area contributed by atoms with Crippen LogP contribution in [0.3, 0.4) is 0 Å². The van der Waals surface area contributed by atoms with Crippen molar-refractivity contribution in [2.24, 2.45) is 5.92 Å². The molecule has 114 valence electrons. The van der Waals surface area contributed by atoms with Crippen molar-refractivity contribution < 1.29 is 0 Å². The molecule has 0 bridgehead atoms. The summed E-state index contributed by atoms with van der Waals surface area (Å²) in [5.74, 6) is 1.62. The van der Waals surface area contributed by atoms with Crippen molar-refractivity contribution in [2.45, 2.75) is 26.3 Å². The molecule has 6 heteroatoms. The Kier molecular flexibility index (Phi) is 4.08. The first-order valence-corrected chi connectivity index (χ1v) is 8.56. The van der Waals surface area contributed by atoms with E-state index in [1.165, 1.54) is 4.88 Å². The monoisotopic (exact) mass is 324 g/mol. The summed E-state index contributed by atoms with van der Waals surface area (Å²) in [7, 11) is 4.29. The molecule has 0 aromatic carbocycles. The first kappa shape index (κ1) is 15.0. The lowest BCUT2D eigenvalue weighted by Gasteiger charge is -2.22. The lowest BCUT2D eigenvalue weighted by Crippen LogP contribution is -2.34. The number of halogens is 1. The minimum atomic E-state index is 0.350. The highest BCUT2D eigenvalue weighted by atomic mass is 35.5. The smallest absolute Gasteiger partial charge is 0.225 e. The molecule has 2 atom stereocenters. The molecule has 0 saturated carbocycles. The third-order valence-corrected chi connectivity index (χ3v) is 5.62. The second-order valence-corrected chi connectivity index (χ2v) is 7.47. The van der Waals surface area contributed by atoms with Crippen molar-refractivity contribution in [3.63, 3.8) is 0 Å². The fourth-order valence-electron chi connectivity index (χ4n) is 3.14. The van der Waals surface area contributed by atoms with Gasteiger partial charge in [0.25, 0.3) is 0 Å². The summed E-state index contributed by atoms with van der Waals surface area (Å²) in [6.07, 6.45) is 1.02. The molecule has 3 rings (SSSR count). The topological polar surface area (TPSA) is 32.3 Å². The van der Waals surface area contributed by atoms with Crippen LogP contribution in [0.25, 0.3) is 10.2 Å². The van der Waals surface area contributed by atoms with E-state index in [1.54, 1.807) is 11.3 Å². The van der Waals surface area contributed by atoms with Crippen LogP contribution in [0.15, 0.2) is 6.07 Å². The number of likely N-dealkylation sites (N-methyl/N-ethyl adjacent to an activating group) is 1. The Hall–Kier alpha value is -0.910. The van der Waals surface area contributed by atoms with Crippen molar-refractivity contribution >= 4 is 39.0 Å². The van der Waals surface area contributed by atoms with Gasteiger partial charge in [0.2, 0.25) is 5.28 Å². The largest absolute Gasteiger partial charge is 0.354 e. The molecule has 4 nitrogen and oxygen atoms in total. The number of aryl methyl sites for hydroxylation is 1. The minimum Gasteiger partial charge on any atom is -0.354 e. The van der Waals surface area contributed by atoms with Gasteiger partial charge in [-0.1, -0.05) is 13.8 Å². The third kappa shape index (κ3) is 2.74. The quantitative estimate of drug-likeness (QED) is 0.811. The normalized spacial score (nSPS) is 22.7. The van der Waals surface area contributed by atoms with E-state index < -0.39 is 0 Å². The Balaban J connectivity index is 2.02. The standard InChI is InChI=1S/C15H21ClN4S/c1-5-10-6-11-13(17-15(16)18-14(11)21-10)20-7-9(2)12(8-20)19(3)4/h6,9,12H,5,7-8H2,1-4H3. The number of thiophene rings is 1. The van der Waals surface area contributed by atoms with Gasteiger partial charge in [-0.2, -0.15) is 4.98 Å². The fourth-order valence-corrected chi connectivity index (χ4v) is 4.32. The van der Waals surface area contributed by atoms with Crippen LogP contribution in [0.4, 0.5) is 5.82 Å². The molecule has 0 aliphatic carbocycles. The van der Waals surface area contributed by atoms with Gasteiger partial charge in [0, 0.05) is 24.0 Å². The first-order valence-electron chi connectivity index (χ1n) is 7.37. The van der Waals surface area contributed by atoms with Crippen LogP contribution in [0.5, 0.6) is 0 Å². The predicted octanol–water partition coefficient (Wildman–Crippen LogP) is 3.29. The van der Waals surface area contributed by atoms with E-state index >= 15 is 0 Å². The third-order valence-electron chi connectivity index (χ3n) is 4.28. The Morgan fingerprint density at radius 1 is 1.38 bits per heavy atom. The van der Waals surface area contributed by atoms with E-state index in [-0.39, 0.29) is 0 Å². The van der Waals surface area contributed by atoms with Crippen molar-refractivity contribution in [3.05, 3.63) is 16.2 Å². The van der Waals surface area contributed by atoms with Gasteiger partial charge in [-0.15, -0.1) is 11.3 Å². The minimum absolute atomic E-state index is 0.350. The van der Waals surface area contributed by atoms with Crippen LogP contribution in [-0.4, -0.2) is 48.1 Å². The zero-order valence-electron chi connectivity index (χ0n) is 12.9. The molecule has 2 unspecified atom stereocenters. The molecule has 1 fully saturated rings. The molecule has 2 aromatic rings. The van der Waals surface area contributed by atoms with Crippen molar-refractivity contribution in [3.8, 4) is 0 Å². The Morgan fingerprint density at radius 2 is 2.14 bits per heavy atom. The van der Waals surface area contributed by atoms with E-state index in [4.69, 9.17) is 11.6 Å². The van der Waals surface area contributed by atoms with Gasteiger partial charge in [0.05, 0.1) is 5.39 Å². The van der Waals surface area contributed by atoms with Gasteiger partial charge in [0.1, 0.15) is 10.6 Å². The Morgan fingerprint density at radius 3 is 2.76 bits per heavy atom. The first-order chi connectivity index (χ1) is 9.99. The Labute approximate surface area is 134 Å². The van der Waals surface area contributed by atoms with Gasteiger partial charge in [0.15, 0.2) is 0 Å². The zero-order valence-corrected chi connectivity index (χ0v) is 14.5. The van der Waals surface area contributed by atoms with E-state index in [0.29, 0.717) is 17.2 Å². The van der Waals surface area contributed by atoms with E-state index in [0.717, 1.165) is 35.5 Å². The molecule has 21 heavy (non-hydrogen) atoms. The van der Waals surface area contributed by atoms with Gasteiger partial charge in [-0.3, -0.25) is 0 Å². The number of fused-ring (bicyclic) bond motifs is 1. The van der Waals surface area contributed by atoms with Crippen molar-refractivity contribution in [1.29, 1.82) is 0 Å². The van der Waals surface area contributed by atoms with Crippen LogP contribution in [0.2, 0.25) is 5.28 Å². The van der Waals surface area contributed by atoms with Crippen LogP contribution in [0.1, 0.15) is 18.7 Å². The summed E-state index contributed by atoms with van der Waals surface area (Å²) in [5.41, 5.74) is 0. The van der Waals surface area contributed by atoms with Crippen LogP contribution in [0, 0.1) is 5.92 Å².